The van der Waals surface area contributed by atoms with Crippen LogP contribution in [0.15, 0.2) is 42.6 Å². The van der Waals surface area contributed by atoms with E-state index in [0.29, 0.717) is 27.1 Å². The lowest BCUT2D eigenvalue weighted by Gasteiger charge is -2.36. The number of carbonyl (C=O) groups excluding carboxylic acids is 1. The van der Waals surface area contributed by atoms with Gasteiger partial charge < -0.3 is 20.3 Å². The third kappa shape index (κ3) is 5.62. The number of hydrogen-bond donors (Lipinski definition) is 1. The number of pyridine rings is 1. The second-order valence-electron chi connectivity index (χ2n) is 10.6. The van der Waals surface area contributed by atoms with E-state index in [2.05, 4.69) is 15.0 Å². The Bertz CT molecular complexity index is 1550. The van der Waals surface area contributed by atoms with E-state index < -0.39 is 11.9 Å². The zero-order valence-electron chi connectivity index (χ0n) is 22.7. The molecule has 2 saturated heterocycles. The third-order valence-electron chi connectivity index (χ3n) is 7.96. The number of piperidine rings is 1. The molecular formula is C29H31F3N6O2S. The Morgan fingerprint density at radius 2 is 1.78 bits per heavy atom. The molecule has 2 N–H and O–H groups in total. The first-order valence-corrected chi connectivity index (χ1v) is 14.5. The summed E-state index contributed by atoms with van der Waals surface area (Å²) in [4.78, 5) is 22.9. The fourth-order valence-corrected chi connectivity index (χ4v) is 6.76. The predicted octanol–water partition coefficient (Wildman–Crippen LogP) is 5.58. The second-order valence-corrected chi connectivity index (χ2v) is 11.8. The molecular weight excluding hydrogens is 553 g/mol. The van der Waals surface area contributed by atoms with Crippen molar-refractivity contribution in [2.75, 3.05) is 31.9 Å². The second kappa shape index (κ2) is 11.0. The number of benzene rings is 1. The summed E-state index contributed by atoms with van der Waals surface area (Å²) in [5, 5.41) is 3.66. The number of carbonyl (C=O) groups is 1. The molecule has 4 aromatic rings. The standard InChI is InChI=1S/C29H31F3N6O2S/c1-36-28-23(25(35-36)29(30,31)32)15-22(41-28)17-40-24-14-20(16-34-26(24)33)18-4-6-19(7-5-18)27(39)38-12-8-21(9-13-38)37-10-2-3-11-37/h4-7,14-16,21H,2-3,8-13,17H2,1H3,(H2,33,34). The van der Waals surface area contributed by atoms with E-state index in [-0.39, 0.29) is 23.7 Å². The number of nitrogens with two attached hydrogens (primary N) is 1. The van der Waals surface area contributed by atoms with Crippen LogP contribution < -0.4 is 10.5 Å². The van der Waals surface area contributed by atoms with Crippen molar-refractivity contribution < 1.29 is 22.7 Å². The van der Waals surface area contributed by atoms with Crippen molar-refractivity contribution in [2.45, 2.75) is 44.5 Å². The number of anilines is 1. The number of aryl methyl sites for hydroxylation is 1. The molecule has 41 heavy (non-hydrogen) atoms. The minimum absolute atomic E-state index is 0.0356. The maximum absolute atomic E-state index is 13.3. The summed E-state index contributed by atoms with van der Waals surface area (Å²) in [5.41, 5.74) is 7.37. The molecule has 0 atom stereocenters. The first-order chi connectivity index (χ1) is 19.7. The molecule has 2 fully saturated rings. The monoisotopic (exact) mass is 584 g/mol. The summed E-state index contributed by atoms with van der Waals surface area (Å²) in [5.74, 6) is 0.551. The number of halogens is 3. The van der Waals surface area contributed by atoms with Crippen molar-refractivity contribution in [2.24, 2.45) is 7.05 Å². The summed E-state index contributed by atoms with van der Waals surface area (Å²) in [6.45, 7) is 3.95. The maximum atomic E-state index is 13.3. The Morgan fingerprint density at radius 3 is 2.46 bits per heavy atom. The molecule has 6 rings (SSSR count). The minimum Gasteiger partial charge on any atom is -0.484 e. The number of alkyl halides is 3. The van der Waals surface area contributed by atoms with Crippen molar-refractivity contribution in [3.63, 3.8) is 0 Å². The van der Waals surface area contributed by atoms with Crippen molar-refractivity contribution >= 4 is 33.3 Å². The highest BCUT2D eigenvalue weighted by molar-refractivity contribution is 7.18. The van der Waals surface area contributed by atoms with E-state index in [1.54, 1.807) is 12.3 Å². The van der Waals surface area contributed by atoms with Gasteiger partial charge in [-0.1, -0.05) is 12.1 Å². The molecule has 2 aliphatic rings. The molecule has 2 aliphatic heterocycles. The van der Waals surface area contributed by atoms with Gasteiger partial charge in [-0.25, -0.2) is 4.98 Å². The number of likely N-dealkylation sites (tertiary alicyclic amines) is 2. The van der Waals surface area contributed by atoms with Crippen molar-refractivity contribution in [3.05, 3.63) is 58.7 Å². The highest BCUT2D eigenvalue weighted by Gasteiger charge is 2.37. The van der Waals surface area contributed by atoms with Crippen LogP contribution in [0.4, 0.5) is 19.0 Å². The van der Waals surface area contributed by atoms with Crippen molar-refractivity contribution in [1.29, 1.82) is 0 Å². The van der Waals surface area contributed by atoms with Crippen LogP contribution in [0.1, 0.15) is 46.6 Å². The molecule has 1 amide bonds. The van der Waals surface area contributed by atoms with Gasteiger partial charge in [0, 0.05) is 53.8 Å². The molecule has 0 aliphatic carbocycles. The third-order valence-corrected chi connectivity index (χ3v) is 9.13. The van der Waals surface area contributed by atoms with Gasteiger partial charge in [0.05, 0.1) is 0 Å². The summed E-state index contributed by atoms with van der Waals surface area (Å²) < 4.78 is 47.1. The molecule has 0 spiro atoms. The number of amides is 1. The van der Waals surface area contributed by atoms with E-state index in [4.69, 9.17) is 10.5 Å². The highest BCUT2D eigenvalue weighted by atomic mass is 32.1. The average Bonchev–Trinajstić information content (AvgIpc) is 3.71. The SMILES string of the molecule is Cn1nc(C(F)(F)F)c2cc(COc3cc(-c4ccc(C(=O)N5CCC(N6CCCC6)CC5)cc4)cnc3N)sc21. The van der Waals surface area contributed by atoms with Gasteiger partial charge in [-0.2, -0.15) is 18.3 Å². The molecule has 1 aromatic carbocycles. The number of nitrogen functional groups attached to an aromatic ring is 1. The zero-order chi connectivity index (χ0) is 28.7. The van der Waals surface area contributed by atoms with Crippen LogP contribution in [0.5, 0.6) is 5.75 Å². The van der Waals surface area contributed by atoms with Crippen LogP contribution in [0.3, 0.4) is 0 Å². The van der Waals surface area contributed by atoms with Gasteiger partial charge in [-0.05, 0) is 68.6 Å². The van der Waals surface area contributed by atoms with Crippen LogP contribution in [0, 0.1) is 0 Å². The summed E-state index contributed by atoms with van der Waals surface area (Å²) in [6, 6.07) is 11.2. The van der Waals surface area contributed by atoms with Gasteiger partial charge in [-0.15, -0.1) is 11.3 Å². The van der Waals surface area contributed by atoms with Gasteiger partial charge in [-0.3, -0.25) is 9.48 Å². The molecule has 8 nitrogen and oxygen atoms in total. The van der Waals surface area contributed by atoms with Crippen LogP contribution in [-0.2, 0) is 19.8 Å². The average molecular weight is 585 g/mol. The smallest absolute Gasteiger partial charge is 0.435 e. The van der Waals surface area contributed by atoms with E-state index in [0.717, 1.165) is 37.1 Å². The number of nitrogens with zero attached hydrogens (tertiary/aromatic N) is 5. The minimum atomic E-state index is -4.54. The van der Waals surface area contributed by atoms with E-state index in [1.165, 1.54) is 55.1 Å². The lowest BCUT2D eigenvalue weighted by atomic mass is 10.0. The molecule has 0 bridgehead atoms. The summed E-state index contributed by atoms with van der Waals surface area (Å²) in [6.07, 6.45) is 1.68. The maximum Gasteiger partial charge on any atom is 0.435 e. The van der Waals surface area contributed by atoms with Gasteiger partial charge in [0.15, 0.2) is 17.3 Å². The van der Waals surface area contributed by atoms with Crippen LogP contribution in [0.25, 0.3) is 21.3 Å². The first-order valence-electron chi connectivity index (χ1n) is 13.7. The van der Waals surface area contributed by atoms with Crippen molar-refractivity contribution in [3.8, 4) is 16.9 Å². The van der Waals surface area contributed by atoms with Gasteiger partial charge in [0.25, 0.3) is 5.91 Å². The number of hydrogen-bond acceptors (Lipinski definition) is 7. The Morgan fingerprint density at radius 1 is 1.07 bits per heavy atom. The van der Waals surface area contributed by atoms with Crippen LogP contribution in [-0.4, -0.2) is 62.7 Å². The molecule has 3 aromatic heterocycles. The Kier molecular flexibility index (Phi) is 7.37. The highest BCUT2D eigenvalue weighted by Crippen LogP contribution is 2.38. The lowest BCUT2D eigenvalue weighted by Crippen LogP contribution is -2.45. The van der Waals surface area contributed by atoms with Gasteiger partial charge in [0.2, 0.25) is 0 Å². The van der Waals surface area contributed by atoms with E-state index >= 15 is 0 Å². The lowest BCUT2D eigenvalue weighted by molar-refractivity contribution is -0.140. The van der Waals surface area contributed by atoms with Gasteiger partial charge in [0.1, 0.15) is 11.4 Å². The van der Waals surface area contributed by atoms with Gasteiger partial charge >= 0.3 is 6.18 Å². The largest absolute Gasteiger partial charge is 0.484 e. The van der Waals surface area contributed by atoms with Crippen LogP contribution in [0.2, 0.25) is 0 Å². The van der Waals surface area contributed by atoms with Crippen LogP contribution >= 0.6 is 11.3 Å². The predicted molar refractivity (Wildman–Crippen MR) is 152 cm³/mol. The first kappa shape index (κ1) is 27.5. The fraction of sp³-hybridized carbons (Fsp3) is 0.414. The molecule has 0 unspecified atom stereocenters. The fourth-order valence-electron chi connectivity index (χ4n) is 5.78. The number of ether oxygens (including phenoxy) is 1. The topological polar surface area (TPSA) is 89.5 Å². The summed E-state index contributed by atoms with van der Waals surface area (Å²) >= 11 is 1.18. The van der Waals surface area contributed by atoms with E-state index in [1.807, 2.05) is 29.2 Å². The Balaban J connectivity index is 1.11. The van der Waals surface area contributed by atoms with Crippen molar-refractivity contribution in [1.82, 2.24) is 24.6 Å². The molecule has 5 heterocycles. The Labute approximate surface area is 239 Å². The number of rotatable bonds is 6. The quantitative estimate of drug-likeness (QED) is 0.319. The zero-order valence-corrected chi connectivity index (χ0v) is 23.5. The summed E-state index contributed by atoms with van der Waals surface area (Å²) in [7, 11) is 1.49. The number of thiophene rings is 1. The molecule has 12 heteroatoms. The molecule has 0 saturated carbocycles. The molecule has 216 valence electrons. The van der Waals surface area contributed by atoms with E-state index in [9.17, 15) is 18.0 Å². The normalized spacial score (nSPS) is 17.0. The number of aromatic nitrogens is 3. The number of fused-ring (bicyclic) bond motifs is 1. The Hall–Kier alpha value is -3.64. The molecule has 0 radical (unpaired) electrons.